The molecule has 176 valence electrons. The van der Waals surface area contributed by atoms with E-state index in [9.17, 15) is 9.59 Å². The molecule has 0 saturated heterocycles. The number of nitrogens with zero attached hydrogens (tertiary/aromatic N) is 1. The Balaban J connectivity index is 2.03. The van der Waals surface area contributed by atoms with E-state index in [4.69, 9.17) is 9.47 Å². The average Bonchev–Trinajstić information content (AvgIpc) is 3.00. The number of carbonyl (C=O) groups is 2. The third-order valence-corrected chi connectivity index (χ3v) is 5.12. The molecule has 0 aliphatic heterocycles. The van der Waals surface area contributed by atoms with Gasteiger partial charge in [-0.1, -0.05) is 39.4 Å². The molecule has 2 rings (SSSR count). The minimum absolute atomic E-state index is 0.420. The van der Waals surface area contributed by atoms with E-state index < -0.39 is 23.4 Å². The highest BCUT2D eigenvalue weighted by molar-refractivity contribution is 9.10. The number of anilines is 1. The maximum Gasteiger partial charge on any atom is 0.413 e. The van der Waals surface area contributed by atoms with Crippen LogP contribution in [0.15, 0.2) is 28.7 Å². The number of hydrogen-bond acceptors (Lipinski definition) is 7. The second-order valence-electron chi connectivity index (χ2n) is 9.03. The van der Waals surface area contributed by atoms with Gasteiger partial charge in [-0.25, -0.2) is 14.6 Å². The van der Waals surface area contributed by atoms with Crippen LogP contribution in [0.4, 0.5) is 14.7 Å². The molecule has 0 fully saturated rings. The van der Waals surface area contributed by atoms with Crippen LogP contribution in [0.3, 0.4) is 0 Å². The highest BCUT2D eigenvalue weighted by Crippen LogP contribution is 2.32. The van der Waals surface area contributed by atoms with Crippen molar-refractivity contribution >= 4 is 44.6 Å². The first-order chi connectivity index (χ1) is 14.8. The van der Waals surface area contributed by atoms with Crippen LogP contribution in [-0.4, -0.2) is 41.5 Å². The average molecular weight is 527 g/mol. The van der Waals surface area contributed by atoms with Gasteiger partial charge in [0.1, 0.15) is 11.2 Å². The fraction of sp³-hybridized carbons (Fsp3) is 0.500. The van der Waals surface area contributed by atoms with E-state index in [1.807, 2.05) is 65.8 Å². The van der Waals surface area contributed by atoms with Crippen LogP contribution in [0.25, 0.3) is 11.3 Å². The Labute approximate surface area is 201 Å². The summed E-state index contributed by atoms with van der Waals surface area (Å²) < 4.78 is 11.5. The Morgan fingerprint density at radius 2 is 1.69 bits per heavy atom. The van der Waals surface area contributed by atoms with Crippen LogP contribution >= 0.6 is 27.3 Å². The monoisotopic (exact) mass is 526 g/mol. The normalized spacial score (nSPS) is 11.7. The second-order valence-corrected chi connectivity index (χ2v) is 11.0. The number of hydrogen-bond donors (Lipinski definition) is 3. The predicted octanol–water partition coefficient (Wildman–Crippen LogP) is 5.53. The standard InChI is InChI=1S/C22H31BrN4O4S/c1-21(2,3)30-19(28)25-11-10-24-13-16-17(14-8-7-9-15(23)12-14)26-18(32-16)27-20(29)31-22(4,5)6/h7-9,12,24H,10-11,13H2,1-6H3,(H,25,28)(H,26,27,29). The summed E-state index contributed by atoms with van der Waals surface area (Å²) in [6.45, 7) is 12.4. The lowest BCUT2D eigenvalue weighted by atomic mass is 10.1. The maximum atomic E-state index is 12.2. The molecular formula is C22H31BrN4O4S. The number of rotatable bonds is 7. The van der Waals surface area contributed by atoms with E-state index in [2.05, 4.69) is 36.9 Å². The molecule has 2 aromatic rings. The van der Waals surface area contributed by atoms with Gasteiger partial charge in [-0.15, -0.1) is 0 Å². The van der Waals surface area contributed by atoms with E-state index in [-0.39, 0.29) is 0 Å². The van der Waals surface area contributed by atoms with Crippen molar-refractivity contribution in [3.63, 3.8) is 0 Å². The fourth-order valence-corrected chi connectivity index (χ4v) is 3.88. The molecular weight excluding hydrogens is 496 g/mol. The number of benzene rings is 1. The van der Waals surface area contributed by atoms with Gasteiger partial charge in [0.05, 0.1) is 5.69 Å². The zero-order valence-electron chi connectivity index (χ0n) is 19.3. The van der Waals surface area contributed by atoms with Crippen molar-refractivity contribution in [2.45, 2.75) is 59.3 Å². The molecule has 1 aromatic heterocycles. The van der Waals surface area contributed by atoms with Crippen LogP contribution < -0.4 is 16.0 Å². The van der Waals surface area contributed by atoms with Gasteiger partial charge in [-0.2, -0.15) is 0 Å². The van der Waals surface area contributed by atoms with Gasteiger partial charge in [-0.3, -0.25) is 5.32 Å². The molecule has 1 heterocycles. The van der Waals surface area contributed by atoms with Crippen molar-refractivity contribution < 1.29 is 19.1 Å². The molecule has 10 heteroatoms. The summed E-state index contributed by atoms with van der Waals surface area (Å²) in [5.41, 5.74) is 0.572. The van der Waals surface area contributed by atoms with E-state index >= 15 is 0 Å². The Kier molecular flexibility index (Phi) is 9.06. The molecule has 0 atom stereocenters. The molecule has 0 aliphatic rings. The van der Waals surface area contributed by atoms with Gasteiger partial charge in [0, 0.05) is 34.5 Å². The number of ether oxygens (including phenoxy) is 2. The molecule has 0 radical (unpaired) electrons. The first-order valence-electron chi connectivity index (χ1n) is 10.3. The zero-order chi connectivity index (χ0) is 23.9. The first kappa shape index (κ1) is 26.1. The lowest BCUT2D eigenvalue weighted by Gasteiger charge is -2.19. The van der Waals surface area contributed by atoms with Crippen molar-refractivity contribution in [1.82, 2.24) is 15.6 Å². The summed E-state index contributed by atoms with van der Waals surface area (Å²) in [4.78, 5) is 29.5. The quantitative estimate of drug-likeness (QED) is 0.409. The Morgan fingerprint density at radius 3 is 2.31 bits per heavy atom. The third-order valence-electron chi connectivity index (χ3n) is 3.66. The number of nitrogens with one attached hydrogen (secondary N) is 3. The van der Waals surface area contributed by atoms with Crippen LogP contribution in [-0.2, 0) is 16.0 Å². The van der Waals surface area contributed by atoms with Crippen molar-refractivity contribution in [2.75, 3.05) is 18.4 Å². The van der Waals surface area contributed by atoms with Crippen LogP contribution in [0.1, 0.15) is 46.4 Å². The fourth-order valence-electron chi connectivity index (χ4n) is 2.55. The molecule has 8 nitrogen and oxygen atoms in total. The molecule has 0 saturated carbocycles. The van der Waals surface area contributed by atoms with Crippen molar-refractivity contribution in [2.24, 2.45) is 0 Å². The third kappa shape index (κ3) is 9.54. The summed E-state index contributed by atoms with van der Waals surface area (Å²) in [5, 5.41) is 9.18. The number of alkyl carbamates (subject to hydrolysis) is 1. The number of amides is 2. The number of thiazole rings is 1. The van der Waals surface area contributed by atoms with E-state index in [1.165, 1.54) is 11.3 Å². The van der Waals surface area contributed by atoms with E-state index in [0.717, 1.165) is 20.6 Å². The number of aromatic nitrogens is 1. The minimum atomic E-state index is -0.597. The lowest BCUT2D eigenvalue weighted by molar-refractivity contribution is 0.0527. The largest absolute Gasteiger partial charge is 0.444 e. The Hall–Kier alpha value is -2.17. The SMILES string of the molecule is CC(C)(C)OC(=O)NCCNCc1sc(NC(=O)OC(C)(C)C)nc1-c1cccc(Br)c1. The van der Waals surface area contributed by atoms with Crippen LogP contribution in [0.2, 0.25) is 0 Å². The topological polar surface area (TPSA) is 102 Å². The molecule has 0 unspecified atom stereocenters. The molecule has 0 aliphatic carbocycles. The lowest BCUT2D eigenvalue weighted by Crippen LogP contribution is -2.36. The minimum Gasteiger partial charge on any atom is -0.444 e. The summed E-state index contributed by atoms with van der Waals surface area (Å²) in [6, 6.07) is 7.81. The molecule has 0 spiro atoms. The van der Waals surface area contributed by atoms with Gasteiger partial charge in [0.15, 0.2) is 5.13 Å². The van der Waals surface area contributed by atoms with E-state index in [1.54, 1.807) is 0 Å². The first-order valence-corrected chi connectivity index (χ1v) is 11.9. The molecule has 1 aromatic carbocycles. The highest BCUT2D eigenvalue weighted by atomic mass is 79.9. The van der Waals surface area contributed by atoms with Gasteiger partial charge in [0.25, 0.3) is 0 Å². The van der Waals surface area contributed by atoms with Gasteiger partial charge >= 0.3 is 12.2 Å². The van der Waals surface area contributed by atoms with Gasteiger partial charge < -0.3 is 20.1 Å². The van der Waals surface area contributed by atoms with Crippen LogP contribution in [0, 0.1) is 0 Å². The van der Waals surface area contributed by atoms with Gasteiger partial charge in [0.2, 0.25) is 0 Å². The zero-order valence-corrected chi connectivity index (χ0v) is 21.7. The van der Waals surface area contributed by atoms with Crippen molar-refractivity contribution in [3.8, 4) is 11.3 Å². The molecule has 2 amide bonds. The highest BCUT2D eigenvalue weighted by Gasteiger charge is 2.20. The van der Waals surface area contributed by atoms with Crippen molar-refractivity contribution in [1.29, 1.82) is 0 Å². The smallest absolute Gasteiger partial charge is 0.413 e. The molecule has 3 N–H and O–H groups in total. The summed E-state index contributed by atoms with van der Waals surface area (Å²) in [6.07, 6.45) is -0.996. The Morgan fingerprint density at radius 1 is 1.03 bits per heavy atom. The molecule has 0 bridgehead atoms. The predicted molar refractivity (Wildman–Crippen MR) is 131 cm³/mol. The molecule has 32 heavy (non-hydrogen) atoms. The van der Waals surface area contributed by atoms with Crippen molar-refractivity contribution in [3.05, 3.63) is 33.6 Å². The summed E-state index contributed by atoms with van der Waals surface area (Å²) in [5.74, 6) is 0. The maximum absolute atomic E-state index is 12.2. The summed E-state index contributed by atoms with van der Waals surface area (Å²) >= 11 is 4.86. The number of halogens is 1. The number of carbonyl (C=O) groups excluding carboxylic acids is 2. The van der Waals surface area contributed by atoms with E-state index in [0.29, 0.717) is 24.8 Å². The second kappa shape index (κ2) is 11.1. The van der Waals surface area contributed by atoms with Crippen LogP contribution in [0.5, 0.6) is 0 Å². The van der Waals surface area contributed by atoms with Gasteiger partial charge in [-0.05, 0) is 53.7 Å². The Bertz CT molecular complexity index is 935. The summed E-state index contributed by atoms with van der Waals surface area (Å²) in [7, 11) is 0.